The van der Waals surface area contributed by atoms with Crippen LogP contribution < -0.4 is 5.48 Å². The van der Waals surface area contributed by atoms with Crippen molar-refractivity contribution in [3.8, 4) is 0 Å². The normalized spacial score (nSPS) is 10.4. The van der Waals surface area contributed by atoms with E-state index in [1.54, 1.807) is 29.9 Å². The minimum Gasteiger partial charge on any atom is -0.454 e. The number of aromatic nitrogens is 2. The monoisotopic (exact) mass is 235 g/mol. The topological polar surface area (TPSA) is 69.3 Å². The lowest BCUT2D eigenvalue weighted by molar-refractivity contribution is 0.0339. The van der Waals surface area contributed by atoms with Crippen molar-refractivity contribution in [2.45, 2.75) is 13.5 Å². The number of hydroxylamine groups is 1. The molecule has 0 bridgehead atoms. The fraction of sp³-hybridized carbons (Fsp3) is 0.273. The van der Waals surface area contributed by atoms with Gasteiger partial charge in [-0.1, -0.05) is 0 Å². The van der Waals surface area contributed by atoms with Crippen LogP contribution in [0.2, 0.25) is 0 Å². The zero-order valence-electron chi connectivity index (χ0n) is 9.42. The van der Waals surface area contributed by atoms with Crippen molar-refractivity contribution in [3.63, 3.8) is 0 Å². The molecule has 0 aliphatic heterocycles. The summed E-state index contributed by atoms with van der Waals surface area (Å²) in [6.45, 7) is 2.69. The number of furan rings is 1. The fourth-order valence-corrected chi connectivity index (χ4v) is 1.33. The summed E-state index contributed by atoms with van der Waals surface area (Å²) in [6.07, 6.45) is 3.51. The third-order valence-electron chi connectivity index (χ3n) is 2.07. The van der Waals surface area contributed by atoms with E-state index in [1.165, 1.54) is 0 Å². The largest absolute Gasteiger partial charge is 0.454 e. The first-order chi connectivity index (χ1) is 8.29. The second kappa shape index (κ2) is 5.31. The number of amides is 1. The van der Waals surface area contributed by atoms with Gasteiger partial charge < -0.3 is 4.42 Å². The van der Waals surface area contributed by atoms with E-state index in [0.29, 0.717) is 18.9 Å². The maximum atomic E-state index is 11.5. The first-order valence-electron chi connectivity index (χ1n) is 5.28. The lowest BCUT2D eigenvalue weighted by atomic mass is 10.4. The summed E-state index contributed by atoms with van der Waals surface area (Å²) in [7, 11) is 0. The van der Waals surface area contributed by atoms with Crippen molar-refractivity contribution < 1.29 is 14.0 Å². The quantitative estimate of drug-likeness (QED) is 0.791. The van der Waals surface area contributed by atoms with E-state index >= 15 is 0 Å². The van der Waals surface area contributed by atoms with Crippen LogP contribution in [-0.4, -0.2) is 22.3 Å². The first kappa shape index (κ1) is 11.4. The third-order valence-corrected chi connectivity index (χ3v) is 2.07. The fourth-order valence-electron chi connectivity index (χ4n) is 1.33. The Bertz CT molecular complexity index is 476. The molecular weight excluding hydrogens is 222 g/mol. The molecule has 6 heteroatoms. The molecule has 0 aliphatic rings. The van der Waals surface area contributed by atoms with Gasteiger partial charge >= 0.3 is 5.91 Å². The molecule has 0 aromatic carbocycles. The number of hydrogen-bond acceptors (Lipinski definition) is 4. The van der Waals surface area contributed by atoms with E-state index in [-0.39, 0.29) is 5.76 Å². The zero-order valence-corrected chi connectivity index (χ0v) is 9.42. The van der Waals surface area contributed by atoms with Crippen LogP contribution in [0.1, 0.15) is 23.2 Å². The molecule has 2 aromatic rings. The van der Waals surface area contributed by atoms with Crippen LogP contribution >= 0.6 is 0 Å². The van der Waals surface area contributed by atoms with Crippen molar-refractivity contribution >= 4 is 5.91 Å². The number of carbonyl (C=O) groups excluding carboxylic acids is 1. The standard InChI is InChI=1S/C11H13N3O3/c1-2-16-13-11(15)10-5-4-9(17-10)8-14-7-3-6-12-14/h3-7H,2,8H2,1H3,(H,13,15). The smallest absolute Gasteiger partial charge is 0.310 e. The van der Waals surface area contributed by atoms with Gasteiger partial charge in [-0.05, 0) is 25.1 Å². The lowest BCUT2D eigenvalue weighted by Gasteiger charge is -2.00. The van der Waals surface area contributed by atoms with Crippen molar-refractivity contribution in [2.24, 2.45) is 0 Å². The average molecular weight is 235 g/mol. The van der Waals surface area contributed by atoms with E-state index in [0.717, 1.165) is 0 Å². The van der Waals surface area contributed by atoms with Gasteiger partial charge in [0.1, 0.15) is 5.76 Å². The number of carbonyl (C=O) groups is 1. The zero-order chi connectivity index (χ0) is 12.1. The van der Waals surface area contributed by atoms with E-state index < -0.39 is 5.91 Å². The average Bonchev–Trinajstić information content (AvgIpc) is 2.98. The van der Waals surface area contributed by atoms with Gasteiger partial charge in [-0.3, -0.25) is 14.3 Å². The van der Waals surface area contributed by atoms with Gasteiger partial charge in [0.15, 0.2) is 5.76 Å². The van der Waals surface area contributed by atoms with Crippen LogP contribution in [-0.2, 0) is 11.4 Å². The summed E-state index contributed by atoms with van der Waals surface area (Å²) in [6, 6.07) is 5.17. The minimum absolute atomic E-state index is 0.223. The van der Waals surface area contributed by atoms with Crippen molar-refractivity contribution in [2.75, 3.05) is 6.61 Å². The molecule has 0 saturated carbocycles. The maximum absolute atomic E-state index is 11.5. The van der Waals surface area contributed by atoms with E-state index in [1.807, 2.05) is 12.3 Å². The highest BCUT2D eigenvalue weighted by molar-refractivity contribution is 5.90. The van der Waals surface area contributed by atoms with E-state index in [9.17, 15) is 4.79 Å². The predicted octanol–water partition coefficient (Wildman–Crippen LogP) is 1.21. The molecule has 0 spiro atoms. The summed E-state index contributed by atoms with van der Waals surface area (Å²) in [5, 5.41) is 4.05. The molecule has 1 N–H and O–H groups in total. The highest BCUT2D eigenvalue weighted by Gasteiger charge is 2.11. The van der Waals surface area contributed by atoms with Gasteiger partial charge in [-0.2, -0.15) is 5.10 Å². The Balaban J connectivity index is 1.98. The Hall–Kier alpha value is -2.08. The van der Waals surface area contributed by atoms with Crippen molar-refractivity contribution in [1.29, 1.82) is 0 Å². The summed E-state index contributed by atoms with van der Waals surface area (Å²) in [4.78, 5) is 16.3. The Kier molecular flexibility index (Phi) is 3.56. The summed E-state index contributed by atoms with van der Waals surface area (Å²) < 4.78 is 7.07. The van der Waals surface area contributed by atoms with Gasteiger partial charge in [0.2, 0.25) is 0 Å². The lowest BCUT2D eigenvalue weighted by Crippen LogP contribution is -2.22. The van der Waals surface area contributed by atoms with Crippen LogP contribution in [0.15, 0.2) is 35.0 Å². The Morgan fingerprint density at radius 2 is 2.47 bits per heavy atom. The summed E-state index contributed by atoms with van der Waals surface area (Å²) >= 11 is 0. The summed E-state index contributed by atoms with van der Waals surface area (Å²) in [5.41, 5.74) is 2.27. The van der Waals surface area contributed by atoms with Crippen LogP contribution in [0.3, 0.4) is 0 Å². The van der Waals surface area contributed by atoms with Crippen molar-refractivity contribution in [1.82, 2.24) is 15.3 Å². The molecule has 0 aliphatic carbocycles. The molecule has 90 valence electrons. The van der Waals surface area contributed by atoms with Crippen molar-refractivity contribution in [3.05, 3.63) is 42.1 Å². The molecule has 2 rings (SSSR count). The van der Waals surface area contributed by atoms with Gasteiger partial charge in [-0.25, -0.2) is 5.48 Å². The molecule has 0 radical (unpaired) electrons. The predicted molar refractivity (Wildman–Crippen MR) is 59.1 cm³/mol. The highest BCUT2D eigenvalue weighted by atomic mass is 16.7. The molecule has 17 heavy (non-hydrogen) atoms. The SMILES string of the molecule is CCONC(=O)c1ccc(Cn2cccn2)o1. The minimum atomic E-state index is -0.390. The van der Waals surface area contributed by atoms with Gasteiger partial charge in [-0.15, -0.1) is 0 Å². The van der Waals surface area contributed by atoms with Gasteiger partial charge in [0.05, 0.1) is 13.2 Å². The second-order valence-electron chi connectivity index (χ2n) is 3.33. The molecular formula is C11H13N3O3. The Labute approximate surface area is 98.1 Å². The van der Waals surface area contributed by atoms with E-state index in [4.69, 9.17) is 9.25 Å². The second-order valence-corrected chi connectivity index (χ2v) is 3.33. The highest BCUT2D eigenvalue weighted by Crippen LogP contribution is 2.09. The molecule has 0 fully saturated rings. The maximum Gasteiger partial charge on any atom is 0.310 e. The molecule has 0 unspecified atom stereocenters. The Morgan fingerprint density at radius 3 is 3.18 bits per heavy atom. The van der Waals surface area contributed by atoms with Crippen LogP contribution in [0.4, 0.5) is 0 Å². The Morgan fingerprint density at radius 1 is 1.59 bits per heavy atom. The molecule has 2 heterocycles. The van der Waals surface area contributed by atoms with Gasteiger partial charge in [0, 0.05) is 12.4 Å². The van der Waals surface area contributed by atoms with Gasteiger partial charge in [0.25, 0.3) is 0 Å². The number of hydrogen-bond donors (Lipinski definition) is 1. The summed E-state index contributed by atoms with van der Waals surface area (Å²) in [5.74, 6) is 0.495. The third kappa shape index (κ3) is 2.94. The molecule has 6 nitrogen and oxygen atoms in total. The molecule has 1 amide bonds. The molecule has 0 atom stereocenters. The van der Waals surface area contributed by atoms with E-state index in [2.05, 4.69) is 10.6 Å². The molecule has 2 aromatic heterocycles. The van der Waals surface area contributed by atoms with Crippen LogP contribution in [0.5, 0.6) is 0 Å². The first-order valence-corrected chi connectivity index (χ1v) is 5.28. The number of nitrogens with one attached hydrogen (secondary N) is 1. The van der Waals surface area contributed by atoms with Crippen LogP contribution in [0.25, 0.3) is 0 Å². The molecule has 0 saturated heterocycles. The van der Waals surface area contributed by atoms with Crippen LogP contribution in [0, 0.1) is 0 Å². The number of nitrogens with zero attached hydrogens (tertiary/aromatic N) is 2. The number of rotatable bonds is 5.